The molecule has 1 heterocycles. The number of anilines is 5. The van der Waals surface area contributed by atoms with Crippen molar-refractivity contribution in [2.45, 2.75) is 5.92 Å². The van der Waals surface area contributed by atoms with Crippen molar-refractivity contribution in [3.05, 3.63) is 531 Å². The first-order chi connectivity index (χ1) is 64.0. The third-order valence-corrected chi connectivity index (χ3v) is 26.0. The number of benzene rings is 22. The Hall–Kier alpha value is -16.2. The Balaban J connectivity index is 0.000000127. The molecule has 608 valence electrons. The zero-order valence-corrected chi connectivity index (χ0v) is 72.4. The summed E-state index contributed by atoms with van der Waals surface area (Å²) < 4.78 is 3.41. The van der Waals surface area contributed by atoms with Crippen molar-refractivity contribution >= 4 is 109 Å². The number of nitrogens with one attached hydrogen (secondary N) is 1. The van der Waals surface area contributed by atoms with Crippen LogP contribution >= 0.6 is 15.9 Å². The van der Waals surface area contributed by atoms with Crippen molar-refractivity contribution in [3.63, 3.8) is 0 Å². The first-order valence-electron chi connectivity index (χ1n) is 44.3. The molecule has 1 aliphatic rings. The van der Waals surface area contributed by atoms with Crippen LogP contribution in [0.3, 0.4) is 0 Å². The lowest BCUT2D eigenvalue weighted by molar-refractivity contribution is 1.01. The van der Waals surface area contributed by atoms with Gasteiger partial charge in [-0.25, -0.2) is 0 Å². The number of hydrogen-bond donors (Lipinski definition) is 1. The van der Waals surface area contributed by atoms with E-state index in [-0.39, 0.29) is 5.92 Å². The molecule has 0 saturated carbocycles. The number of nitrogens with zero attached hydrogens (tertiary/aromatic N) is 2. The molecule has 0 amide bonds. The molecule has 0 unspecified atom stereocenters. The highest BCUT2D eigenvalue weighted by Gasteiger charge is 2.31. The summed E-state index contributed by atoms with van der Waals surface area (Å²) in [5.74, 6) is 0.185. The van der Waals surface area contributed by atoms with E-state index in [9.17, 15) is 0 Å². The lowest BCUT2D eigenvalue weighted by Gasteiger charge is -2.28. The summed E-state index contributed by atoms with van der Waals surface area (Å²) in [6.45, 7) is 0. The zero-order chi connectivity index (χ0) is 85.9. The smallest absolute Gasteiger partial charge is 0.0541 e. The van der Waals surface area contributed by atoms with Crippen LogP contribution in [0.15, 0.2) is 514 Å². The zero-order valence-electron chi connectivity index (χ0n) is 70.8. The number of para-hydroxylation sites is 4. The van der Waals surface area contributed by atoms with Crippen LogP contribution in [0.25, 0.3) is 171 Å². The highest BCUT2D eigenvalue weighted by molar-refractivity contribution is 9.10. The lowest BCUT2D eigenvalue weighted by atomic mass is 9.82. The Morgan fingerprint density at radius 1 is 0.202 bits per heavy atom. The molecule has 22 aromatic carbocycles. The van der Waals surface area contributed by atoms with Gasteiger partial charge in [-0.1, -0.05) is 428 Å². The summed E-state index contributed by atoms with van der Waals surface area (Å²) in [7, 11) is 0. The minimum absolute atomic E-state index is 0.185. The molecule has 0 fully saturated rings. The van der Waals surface area contributed by atoms with Crippen LogP contribution in [0, 0.1) is 0 Å². The van der Waals surface area contributed by atoms with E-state index < -0.39 is 0 Å². The van der Waals surface area contributed by atoms with Gasteiger partial charge >= 0.3 is 0 Å². The van der Waals surface area contributed by atoms with Gasteiger partial charge in [0.05, 0.1) is 11.0 Å². The lowest BCUT2D eigenvalue weighted by Crippen LogP contribution is -2.10. The molecular weight excluding hydrogens is 1620 g/mol. The highest BCUT2D eigenvalue weighted by Crippen LogP contribution is 2.54. The summed E-state index contributed by atoms with van der Waals surface area (Å²) in [4.78, 5) is 2.42. The predicted octanol–water partition coefficient (Wildman–Crippen LogP) is 35.2. The topological polar surface area (TPSA) is 20.2 Å². The van der Waals surface area contributed by atoms with E-state index >= 15 is 0 Å². The van der Waals surface area contributed by atoms with Crippen molar-refractivity contribution in [2.24, 2.45) is 0 Å². The van der Waals surface area contributed by atoms with Crippen LogP contribution in [0.1, 0.15) is 22.6 Å². The van der Waals surface area contributed by atoms with E-state index in [1.165, 1.54) is 187 Å². The average molecular weight is 1710 g/mol. The summed E-state index contributed by atoms with van der Waals surface area (Å²) in [6.07, 6.45) is 0. The average Bonchev–Trinajstić information content (AvgIpc) is 1.48. The Morgan fingerprint density at radius 3 is 0.899 bits per heavy atom. The quantitative estimate of drug-likeness (QED) is 0.103. The maximum absolute atomic E-state index is 3.80. The second-order valence-electron chi connectivity index (χ2n) is 32.9. The van der Waals surface area contributed by atoms with Gasteiger partial charge in [0.15, 0.2) is 0 Å². The molecule has 0 saturated heterocycles. The van der Waals surface area contributed by atoms with E-state index in [4.69, 9.17) is 0 Å². The van der Waals surface area contributed by atoms with Gasteiger partial charge in [0.2, 0.25) is 0 Å². The molecule has 0 atom stereocenters. The molecule has 1 aliphatic carbocycles. The number of hydrogen-bond acceptors (Lipinski definition) is 2. The van der Waals surface area contributed by atoms with Gasteiger partial charge < -0.3 is 14.8 Å². The Bertz CT molecular complexity index is 7950. The summed E-state index contributed by atoms with van der Waals surface area (Å²) in [5, 5.41) is 15.9. The molecular formula is C125H86BrN3. The van der Waals surface area contributed by atoms with E-state index in [0.717, 1.165) is 32.9 Å². The van der Waals surface area contributed by atoms with Gasteiger partial charge in [-0.3, -0.25) is 0 Å². The minimum atomic E-state index is 0.185. The predicted molar refractivity (Wildman–Crippen MR) is 552 cm³/mol. The fraction of sp³-hybridized carbons (Fsp3) is 0.00800. The molecule has 129 heavy (non-hydrogen) atoms. The highest BCUT2D eigenvalue weighted by atomic mass is 79.9. The second kappa shape index (κ2) is 35.1. The molecule has 24 rings (SSSR count). The van der Waals surface area contributed by atoms with Crippen molar-refractivity contribution in [2.75, 3.05) is 10.2 Å². The van der Waals surface area contributed by atoms with Crippen LogP contribution in [0.5, 0.6) is 0 Å². The molecule has 0 spiro atoms. The van der Waals surface area contributed by atoms with Crippen LogP contribution in [-0.2, 0) is 0 Å². The minimum Gasteiger partial charge on any atom is -0.356 e. The number of fused-ring (bicyclic) bond motifs is 10. The Kier molecular flexibility index (Phi) is 21.4. The third kappa shape index (κ3) is 15.0. The molecule has 3 nitrogen and oxygen atoms in total. The van der Waals surface area contributed by atoms with Gasteiger partial charge in [-0.15, -0.1) is 0 Å². The maximum Gasteiger partial charge on any atom is 0.0541 e. The van der Waals surface area contributed by atoms with Crippen LogP contribution in [0.2, 0.25) is 0 Å². The molecule has 4 heteroatoms. The molecule has 1 N–H and O–H groups in total. The molecule has 0 radical (unpaired) electrons. The van der Waals surface area contributed by atoms with Crippen molar-refractivity contribution < 1.29 is 0 Å². The van der Waals surface area contributed by atoms with Gasteiger partial charge in [-0.05, 0) is 257 Å². The largest absolute Gasteiger partial charge is 0.356 e. The van der Waals surface area contributed by atoms with Crippen LogP contribution in [-0.4, -0.2) is 4.57 Å². The van der Waals surface area contributed by atoms with Crippen molar-refractivity contribution in [1.82, 2.24) is 4.57 Å². The summed E-state index contributed by atoms with van der Waals surface area (Å²) in [5.41, 5.74) is 35.5. The molecule has 1 aromatic heterocycles. The SMILES string of the molecule is Brc1ccc2c(-c3ccccc3-c3ccccc3)c3ccccc3c(-c3ccccc3-c3ccccc3)c2c1.c1ccc(-c2ccccc2-c2c3ccccc3c(-c3ccccc3-c3ccccc3)c3cc(N(c4ccccc4)c4ccc(C5c6ccccc6-c6ccccc65)cc4)ccc23)cc1.c1ccc(Nc2ccc(-n3c4ccccc4c4ccccc43)cc2)cc1. The van der Waals surface area contributed by atoms with E-state index in [2.05, 4.69) is 522 Å². The fourth-order valence-corrected chi connectivity index (χ4v) is 20.2. The fourth-order valence-electron chi connectivity index (χ4n) is 19.8. The molecule has 23 aromatic rings. The van der Waals surface area contributed by atoms with Gasteiger partial charge in [0.25, 0.3) is 0 Å². The maximum atomic E-state index is 3.80. The summed E-state index contributed by atoms with van der Waals surface area (Å²) in [6, 6.07) is 184. The monoisotopic (exact) mass is 1710 g/mol. The third-order valence-electron chi connectivity index (χ3n) is 25.5. The standard InChI is InChI=1S/C63H43N.C38H25Br.C24H18N2/c1-4-20-43(21-5-1)49-26-10-14-30-53(49)62-57-34-18-19-35-58(57)63(54-31-15-11-27-50(54)44-22-6-2-7-23-44)60-42-48(40-41-59(60)62)64(46-24-8-3-9-25-46)47-38-36-45(37-39-47)61-55-32-16-12-28-51(55)52-29-13-17-33-56(52)61;39-28-23-24-35-36(25-28)38(32-20-10-8-18-30(32)27-15-5-2-6-16-27)34-22-12-11-21-33(34)37(35)31-19-9-7-17-29(31)26-13-3-1-4-14-26;1-2-8-18(9-3-1)25-19-14-16-20(17-15-19)26-23-12-6-4-10-21(23)22-11-5-7-13-24(22)26/h1-42,61H;1-25H;1-17,25H. The summed E-state index contributed by atoms with van der Waals surface area (Å²) >= 11 is 3.80. The van der Waals surface area contributed by atoms with Crippen molar-refractivity contribution in [3.8, 4) is 106 Å². The van der Waals surface area contributed by atoms with Gasteiger partial charge in [0, 0.05) is 55.3 Å². The number of rotatable bonds is 15. The van der Waals surface area contributed by atoms with Gasteiger partial charge in [0.1, 0.15) is 0 Å². The normalized spacial score (nSPS) is 11.6. The van der Waals surface area contributed by atoms with Crippen LogP contribution in [0.4, 0.5) is 28.4 Å². The first-order valence-corrected chi connectivity index (χ1v) is 45.0. The van der Waals surface area contributed by atoms with Gasteiger partial charge in [-0.2, -0.15) is 0 Å². The Labute approximate surface area is 760 Å². The molecule has 0 bridgehead atoms. The van der Waals surface area contributed by atoms with E-state index in [0.29, 0.717) is 0 Å². The number of aromatic nitrogens is 1. The Morgan fingerprint density at radius 2 is 0.488 bits per heavy atom. The second-order valence-corrected chi connectivity index (χ2v) is 33.9. The van der Waals surface area contributed by atoms with Crippen molar-refractivity contribution in [1.29, 1.82) is 0 Å². The van der Waals surface area contributed by atoms with E-state index in [1.807, 2.05) is 18.2 Å². The first kappa shape index (κ1) is 78.7. The molecule has 0 aliphatic heterocycles. The number of halogens is 1. The van der Waals surface area contributed by atoms with E-state index in [1.54, 1.807) is 0 Å². The van der Waals surface area contributed by atoms with Crippen LogP contribution < -0.4 is 10.2 Å².